The SMILES string of the molecule is CN=C(NCC(C)SC)NC1CN(C(C)C)CC1C. The van der Waals surface area contributed by atoms with Crippen molar-refractivity contribution in [2.24, 2.45) is 10.9 Å². The summed E-state index contributed by atoms with van der Waals surface area (Å²) < 4.78 is 0. The molecule has 19 heavy (non-hydrogen) atoms. The zero-order valence-corrected chi connectivity index (χ0v) is 14.0. The number of thioether (sulfide) groups is 1. The highest BCUT2D eigenvalue weighted by Gasteiger charge is 2.31. The summed E-state index contributed by atoms with van der Waals surface area (Å²) in [6.07, 6.45) is 2.14. The Hall–Kier alpha value is -0.420. The van der Waals surface area contributed by atoms with Gasteiger partial charge in [0.25, 0.3) is 0 Å². The van der Waals surface area contributed by atoms with Gasteiger partial charge >= 0.3 is 0 Å². The second-order valence-corrected chi connectivity index (χ2v) is 7.05. The van der Waals surface area contributed by atoms with Gasteiger partial charge in [0.15, 0.2) is 5.96 Å². The smallest absolute Gasteiger partial charge is 0.191 e. The third-order valence-electron chi connectivity index (χ3n) is 3.88. The largest absolute Gasteiger partial charge is 0.355 e. The maximum Gasteiger partial charge on any atom is 0.191 e. The van der Waals surface area contributed by atoms with Crippen LogP contribution in [0.1, 0.15) is 27.7 Å². The highest BCUT2D eigenvalue weighted by molar-refractivity contribution is 7.99. The van der Waals surface area contributed by atoms with Gasteiger partial charge in [0.05, 0.1) is 0 Å². The molecule has 0 aromatic carbocycles. The molecule has 4 nitrogen and oxygen atoms in total. The number of hydrogen-bond acceptors (Lipinski definition) is 3. The fourth-order valence-corrected chi connectivity index (χ4v) is 2.56. The van der Waals surface area contributed by atoms with Crippen molar-refractivity contribution in [1.29, 1.82) is 0 Å². The second kappa shape index (κ2) is 8.00. The average Bonchev–Trinajstić information content (AvgIpc) is 2.75. The molecule has 0 saturated carbocycles. The molecule has 3 unspecified atom stereocenters. The van der Waals surface area contributed by atoms with Gasteiger partial charge in [-0.3, -0.25) is 9.89 Å². The van der Waals surface area contributed by atoms with E-state index in [1.807, 2.05) is 18.8 Å². The Labute approximate surface area is 122 Å². The lowest BCUT2D eigenvalue weighted by Gasteiger charge is -2.22. The van der Waals surface area contributed by atoms with E-state index in [0.29, 0.717) is 23.3 Å². The molecule has 1 saturated heterocycles. The highest BCUT2D eigenvalue weighted by Crippen LogP contribution is 2.18. The Balaban J connectivity index is 2.44. The van der Waals surface area contributed by atoms with Gasteiger partial charge in [0, 0.05) is 44.0 Å². The Morgan fingerprint density at radius 1 is 1.37 bits per heavy atom. The quantitative estimate of drug-likeness (QED) is 0.595. The molecule has 0 aromatic heterocycles. The van der Waals surface area contributed by atoms with Crippen LogP contribution >= 0.6 is 11.8 Å². The molecular weight excluding hydrogens is 256 g/mol. The van der Waals surface area contributed by atoms with Crippen molar-refractivity contribution in [3.05, 3.63) is 0 Å². The van der Waals surface area contributed by atoms with E-state index < -0.39 is 0 Å². The zero-order valence-electron chi connectivity index (χ0n) is 13.2. The fourth-order valence-electron chi connectivity index (χ4n) is 2.31. The Morgan fingerprint density at radius 3 is 2.53 bits per heavy atom. The minimum Gasteiger partial charge on any atom is -0.355 e. The van der Waals surface area contributed by atoms with Crippen LogP contribution in [-0.4, -0.2) is 61.1 Å². The average molecular weight is 286 g/mol. The third kappa shape index (κ3) is 5.22. The molecule has 1 rings (SSSR count). The first-order chi connectivity index (χ1) is 8.97. The van der Waals surface area contributed by atoms with Crippen LogP contribution < -0.4 is 10.6 Å². The van der Waals surface area contributed by atoms with E-state index >= 15 is 0 Å². The topological polar surface area (TPSA) is 39.7 Å². The van der Waals surface area contributed by atoms with Crippen LogP contribution in [0.2, 0.25) is 0 Å². The highest BCUT2D eigenvalue weighted by atomic mass is 32.2. The Morgan fingerprint density at radius 2 is 2.05 bits per heavy atom. The molecule has 1 aliphatic heterocycles. The molecule has 0 aliphatic carbocycles. The molecule has 112 valence electrons. The minimum absolute atomic E-state index is 0.498. The van der Waals surface area contributed by atoms with E-state index in [4.69, 9.17) is 0 Å². The number of guanidine groups is 1. The first kappa shape index (κ1) is 16.6. The van der Waals surface area contributed by atoms with Gasteiger partial charge in [0.2, 0.25) is 0 Å². The summed E-state index contributed by atoms with van der Waals surface area (Å²) in [6.45, 7) is 12.3. The summed E-state index contributed by atoms with van der Waals surface area (Å²) in [6, 6.07) is 1.12. The maximum atomic E-state index is 4.33. The first-order valence-corrected chi connectivity index (χ1v) is 8.50. The molecule has 0 radical (unpaired) electrons. The molecule has 0 aromatic rings. The molecule has 3 atom stereocenters. The molecule has 1 heterocycles. The van der Waals surface area contributed by atoms with Crippen molar-refractivity contribution in [3.8, 4) is 0 Å². The lowest BCUT2D eigenvalue weighted by atomic mass is 10.1. The first-order valence-electron chi connectivity index (χ1n) is 7.22. The predicted molar refractivity (Wildman–Crippen MR) is 87.1 cm³/mol. The van der Waals surface area contributed by atoms with Gasteiger partial charge in [-0.05, 0) is 26.0 Å². The summed E-state index contributed by atoms with van der Waals surface area (Å²) in [5.41, 5.74) is 0. The van der Waals surface area contributed by atoms with Gasteiger partial charge in [-0.2, -0.15) is 11.8 Å². The van der Waals surface area contributed by atoms with E-state index in [-0.39, 0.29) is 0 Å². The van der Waals surface area contributed by atoms with Crippen molar-refractivity contribution in [1.82, 2.24) is 15.5 Å². The number of nitrogens with one attached hydrogen (secondary N) is 2. The Kier molecular flexibility index (Phi) is 7.00. The molecule has 1 fully saturated rings. The monoisotopic (exact) mass is 286 g/mol. The Bertz CT molecular complexity index is 293. The summed E-state index contributed by atoms with van der Waals surface area (Å²) in [4.78, 5) is 6.86. The lowest BCUT2D eigenvalue weighted by Crippen LogP contribution is -2.47. The van der Waals surface area contributed by atoms with Gasteiger partial charge in [0.1, 0.15) is 0 Å². The normalized spacial score (nSPS) is 26.8. The van der Waals surface area contributed by atoms with Gasteiger partial charge in [-0.15, -0.1) is 0 Å². The molecule has 2 N–H and O–H groups in total. The van der Waals surface area contributed by atoms with Gasteiger partial charge < -0.3 is 10.6 Å². The minimum atomic E-state index is 0.498. The summed E-state index contributed by atoms with van der Waals surface area (Å²) in [7, 11) is 1.85. The number of nitrogens with zero attached hydrogens (tertiary/aromatic N) is 2. The van der Waals surface area contributed by atoms with Gasteiger partial charge in [-0.1, -0.05) is 13.8 Å². The van der Waals surface area contributed by atoms with E-state index in [2.05, 4.69) is 54.5 Å². The standard InChI is InChI=1S/C14H30N4S/c1-10(2)18-8-11(3)13(9-18)17-14(15-5)16-7-12(4)19-6/h10-13H,7-9H2,1-6H3,(H2,15,16,17). The van der Waals surface area contributed by atoms with Crippen LogP contribution in [-0.2, 0) is 0 Å². The van der Waals surface area contributed by atoms with E-state index in [9.17, 15) is 0 Å². The van der Waals surface area contributed by atoms with Gasteiger partial charge in [-0.25, -0.2) is 0 Å². The molecular formula is C14H30N4S. The van der Waals surface area contributed by atoms with Crippen molar-refractivity contribution < 1.29 is 0 Å². The van der Waals surface area contributed by atoms with Crippen LogP contribution in [0.4, 0.5) is 0 Å². The van der Waals surface area contributed by atoms with Crippen molar-refractivity contribution in [2.45, 2.75) is 45.0 Å². The summed E-state index contributed by atoms with van der Waals surface area (Å²) >= 11 is 1.87. The summed E-state index contributed by atoms with van der Waals surface area (Å²) in [5, 5.41) is 7.58. The molecule has 5 heteroatoms. The van der Waals surface area contributed by atoms with E-state index in [1.54, 1.807) is 0 Å². The van der Waals surface area contributed by atoms with Crippen molar-refractivity contribution in [2.75, 3.05) is 32.9 Å². The van der Waals surface area contributed by atoms with E-state index in [0.717, 1.165) is 19.0 Å². The fraction of sp³-hybridized carbons (Fsp3) is 0.929. The molecule has 0 amide bonds. The van der Waals surface area contributed by atoms with Crippen molar-refractivity contribution >= 4 is 17.7 Å². The zero-order chi connectivity index (χ0) is 14.4. The number of likely N-dealkylation sites (tertiary alicyclic amines) is 1. The third-order valence-corrected chi connectivity index (χ3v) is 4.85. The van der Waals surface area contributed by atoms with E-state index in [1.165, 1.54) is 6.54 Å². The van der Waals surface area contributed by atoms with Crippen LogP contribution in [0, 0.1) is 5.92 Å². The molecule has 0 spiro atoms. The van der Waals surface area contributed by atoms with Crippen LogP contribution in [0.3, 0.4) is 0 Å². The number of hydrogen-bond donors (Lipinski definition) is 2. The summed E-state index contributed by atoms with van der Waals surface area (Å²) in [5.74, 6) is 1.60. The maximum absolute atomic E-state index is 4.33. The lowest BCUT2D eigenvalue weighted by molar-refractivity contribution is 0.265. The predicted octanol–water partition coefficient (Wildman–Crippen LogP) is 1.63. The second-order valence-electron chi connectivity index (χ2n) is 5.78. The molecule has 0 bridgehead atoms. The number of rotatable bonds is 5. The van der Waals surface area contributed by atoms with Crippen LogP contribution in [0.25, 0.3) is 0 Å². The molecule has 1 aliphatic rings. The number of aliphatic imine (C=N–C) groups is 1. The van der Waals surface area contributed by atoms with Crippen molar-refractivity contribution in [3.63, 3.8) is 0 Å². The van der Waals surface area contributed by atoms with Crippen LogP contribution in [0.15, 0.2) is 4.99 Å². The van der Waals surface area contributed by atoms with Crippen LogP contribution in [0.5, 0.6) is 0 Å².